The van der Waals surface area contributed by atoms with Crippen molar-refractivity contribution in [1.82, 2.24) is 9.97 Å². The second-order valence-corrected chi connectivity index (χ2v) is 5.95. The Balaban J connectivity index is 1.92. The van der Waals surface area contributed by atoms with Crippen LogP contribution >= 0.6 is 11.6 Å². The van der Waals surface area contributed by atoms with Gasteiger partial charge in [-0.1, -0.05) is 23.7 Å². The number of anilines is 2. The highest BCUT2D eigenvalue weighted by molar-refractivity contribution is 6.29. The van der Waals surface area contributed by atoms with Gasteiger partial charge in [0.2, 0.25) is 0 Å². The lowest BCUT2D eigenvalue weighted by molar-refractivity contribution is -0.137. The van der Waals surface area contributed by atoms with Gasteiger partial charge in [-0.05, 0) is 42.8 Å². The minimum absolute atomic E-state index is 0.122. The third-order valence-electron chi connectivity index (χ3n) is 3.62. The quantitative estimate of drug-likeness (QED) is 0.446. The van der Waals surface area contributed by atoms with Crippen LogP contribution in [0.1, 0.15) is 11.1 Å². The number of aryl methyl sites for hydroxylation is 1. The molecule has 3 rings (SSSR count). The Morgan fingerprint density at radius 3 is 2.27 bits per heavy atom. The van der Waals surface area contributed by atoms with E-state index in [9.17, 15) is 17.6 Å². The van der Waals surface area contributed by atoms with E-state index < -0.39 is 11.7 Å². The van der Waals surface area contributed by atoms with Crippen LogP contribution in [-0.2, 0) is 6.18 Å². The molecule has 8 heteroatoms. The fourth-order valence-electron chi connectivity index (χ4n) is 2.32. The first-order valence-corrected chi connectivity index (χ1v) is 7.85. The molecule has 0 atom stereocenters. The third kappa shape index (κ3) is 4.11. The van der Waals surface area contributed by atoms with Gasteiger partial charge in [-0.25, -0.2) is 14.4 Å². The normalized spacial score (nSPS) is 11.5. The van der Waals surface area contributed by atoms with E-state index in [2.05, 4.69) is 15.3 Å². The molecular weight excluding hydrogens is 370 g/mol. The maximum Gasteiger partial charge on any atom is 0.416 e. The molecule has 0 fully saturated rings. The molecule has 0 aliphatic rings. The summed E-state index contributed by atoms with van der Waals surface area (Å²) in [5.74, 6) is 0.155. The maximum absolute atomic E-state index is 13.2. The summed E-state index contributed by atoms with van der Waals surface area (Å²) in [6, 6.07) is 10.2. The average molecular weight is 382 g/mol. The van der Waals surface area contributed by atoms with Crippen molar-refractivity contribution in [1.29, 1.82) is 0 Å². The highest BCUT2D eigenvalue weighted by atomic mass is 35.5. The van der Waals surface area contributed by atoms with Crippen molar-refractivity contribution in [3.05, 3.63) is 70.6 Å². The summed E-state index contributed by atoms with van der Waals surface area (Å²) < 4.78 is 51.2. The molecule has 26 heavy (non-hydrogen) atoms. The largest absolute Gasteiger partial charge is 0.416 e. The van der Waals surface area contributed by atoms with Crippen molar-refractivity contribution < 1.29 is 17.6 Å². The van der Waals surface area contributed by atoms with Crippen LogP contribution in [0.15, 0.2) is 48.5 Å². The van der Waals surface area contributed by atoms with Crippen LogP contribution < -0.4 is 5.32 Å². The number of halogens is 5. The zero-order chi connectivity index (χ0) is 18.9. The molecule has 1 N–H and O–H groups in total. The summed E-state index contributed by atoms with van der Waals surface area (Å²) in [7, 11) is 0. The van der Waals surface area contributed by atoms with Gasteiger partial charge in [0.1, 0.15) is 16.8 Å². The highest BCUT2D eigenvalue weighted by Crippen LogP contribution is 2.31. The van der Waals surface area contributed by atoms with E-state index in [-0.39, 0.29) is 16.8 Å². The van der Waals surface area contributed by atoms with Crippen LogP contribution in [0.3, 0.4) is 0 Å². The number of aromatic nitrogens is 2. The van der Waals surface area contributed by atoms with Crippen molar-refractivity contribution in [3.8, 4) is 11.4 Å². The van der Waals surface area contributed by atoms with Crippen molar-refractivity contribution in [3.63, 3.8) is 0 Å². The summed E-state index contributed by atoms with van der Waals surface area (Å²) in [5, 5.41) is 3.13. The molecule has 2 aromatic carbocycles. The Hall–Kier alpha value is -2.67. The monoisotopic (exact) mass is 381 g/mol. The Labute approximate surface area is 151 Å². The van der Waals surface area contributed by atoms with E-state index >= 15 is 0 Å². The predicted molar refractivity (Wildman–Crippen MR) is 91.9 cm³/mol. The second-order valence-electron chi connectivity index (χ2n) is 5.56. The van der Waals surface area contributed by atoms with E-state index in [0.29, 0.717) is 22.6 Å². The van der Waals surface area contributed by atoms with Crippen LogP contribution in [0.4, 0.5) is 29.1 Å². The number of hydrogen-bond donors (Lipinski definition) is 1. The number of nitrogens with zero attached hydrogens (tertiary/aromatic N) is 2. The number of alkyl halides is 3. The molecular formula is C18H12ClF4N3. The standard InChI is InChI=1S/C18H12ClF4N3/c1-10-8-13(20)6-7-14(10)24-16-9-15(19)25-17(26-16)11-2-4-12(5-3-11)18(21,22)23/h2-9H,1H3,(H,24,25,26). The molecule has 0 unspecified atom stereocenters. The van der Waals surface area contributed by atoms with Gasteiger partial charge >= 0.3 is 6.18 Å². The molecule has 3 nitrogen and oxygen atoms in total. The minimum atomic E-state index is -4.42. The van der Waals surface area contributed by atoms with Gasteiger partial charge in [-0.3, -0.25) is 0 Å². The molecule has 0 aliphatic carbocycles. The van der Waals surface area contributed by atoms with Gasteiger partial charge in [0.15, 0.2) is 5.82 Å². The molecule has 3 aromatic rings. The summed E-state index contributed by atoms with van der Waals surface area (Å²) in [5.41, 5.74) is 0.915. The lowest BCUT2D eigenvalue weighted by atomic mass is 10.1. The molecule has 0 bridgehead atoms. The van der Waals surface area contributed by atoms with Crippen LogP contribution in [0, 0.1) is 12.7 Å². The van der Waals surface area contributed by atoms with Crippen LogP contribution in [0.2, 0.25) is 5.15 Å². The third-order valence-corrected chi connectivity index (χ3v) is 3.81. The predicted octanol–water partition coefficient (Wildman–Crippen LogP) is 6.01. The molecule has 1 heterocycles. The maximum atomic E-state index is 13.2. The first kappa shape index (κ1) is 18.1. The van der Waals surface area contributed by atoms with Crippen molar-refractivity contribution in [2.45, 2.75) is 13.1 Å². The molecule has 0 aliphatic heterocycles. The number of rotatable bonds is 3. The molecule has 1 aromatic heterocycles. The van der Waals surface area contributed by atoms with Gasteiger partial charge in [0, 0.05) is 17.3 Å². The zero-order valence-electron chi connectivity index (χ0n) is 13.4. The van der Waals surface area contributed by atoms with E-state index in [1.165, 1.54) is 30.3 Å². The van der Waals surface area contributed by atoms with Gasteiger partial charge in [0.25, 0.3) is 0 Å². The summed E-state index contributed by atoms with van der Waals surface area (Å²) in [6.45, 7) is 1.73. The topological polar surface area (TPSA) is 37.8 Å². The molecule has 0 saturated carbocycles. The molecule has 0 amide bonds. The summed E-state index contributed by atoms with van der Waals surface area (Å²) in [6.07, 6.45) is -4.42. The van der Waals surface area contributed by atoms with E-state index in [1.54, 1.807) is 13.0 Å². The molecule has 0 radical (unpaired) electrons. The lowest BCUT2D eigenvalue weighted by Gasteiger charge is -2.11. The van der Waals surface area contributed by atoms with Gasteiger partial charge in [-0.2, -0.15) is 13.2 Å². The fourth-order valence-corrected chi connectivity index (χ4v) is 2.51. The Kier molecular flexibility index (Phi) is 4.82. The number of benzene rings is 2. The smallest absolute Gasteiger partial charge is 0.340 e. The highest BCUT2D eigenvalue weighted by Gasteiger charge is 2.30. The molecule has 134 valence electrons. The van der Waals surface area contributed by atoms with Gasteiger partial charge < -0.3 is 5.32 Å². The number of hydrogen-bond acceptors (Lipinski definition) is 3. The Bertz CT molecular complexity index is 940. The van der Waals surface area contributed by atoms with E-state index in [0.717, 1.165) is 12.1 Å². The number of nitrogens with one attached hydrogen (secondary N) is 1. The van der Waals surface area contributed by atoms with E-state index in [1.807, 2.05) is 0 Å². The van der Waals surface area contributed by atoms with Crippen molar-refractivity contribution >= 4 is 23.1 Å². The Morgan fingerprint density at radius 1 is 0.962 bits per heavy atom. The van der Waals surface area contributed by atoms with Gasteiger partial charge in [0.05, 0.1) is 5.56 Å². The fraction of sp³-hybridized carbons (Fsp3) is 0.111. The first-order chi connectivity index (χ1) is 12.2. The summed E-state index contributed by atoms with van der Waals surface area (Å²) in [4.78, 5) is 8.32. The van der Waals surface area contributed by atoms with Crippen LogP contribution in [0.25, 0.3) is 11.4 Å². The van der Waals surface area contributed by atoms with Crippen molar-refractivity contribution in [2.24, 2.45) is 0 Å². The first-order valence-electron chi connectivity index (χ1n) is 7.48. The average Bonchev–Trinajstić information content (AvgIpc) is 2.56. The SMILES string of the molecule is Cc1cc(F)ccc1Nc1cc(Cl)nc(-c2ccc(C(F)(F)F)cc2)n1. The Morgan fingerprint density at radius 2 is 1.65 bits per heavy atom. The minimum Gasteiger partial charge on any atom is -0.340 e. The molecule has 0 spiro atoms. The second kappa shape index (κ2) is 6.92. The van der Waals surface area contributed by atoms with Crippen LogP contribution in [0.5, 0.6) is 0 Å². The summed E-state index contributed by atoms with van der Waals surface area (Å²) >= 11 is 6.00. The lowest BCUT2D eigenvalue weighted by Crippen LogP contribution is -2.04. The zero-order valence-corrected chi connectivity index (χ0v) is 14.2. The molecule has 0 saturated heterocycles. The van der Waals surface area contributed by atoms with E-state index in [4.69, 9.17) is 11.6 Å². The van der Waals surface area contributed by atoms with Gasteiger partial charge in [-0.15, -0.1) is 0 Å². The van der Waals surface area contributed by atoms with Crippen molar-refractivity contribution in [2.75, 3.05) is 5.32 Å². The van der Waals surface area contributed by atoms with Crippen LogP contribution in [-0.4, -0.2) is 9.97 Å².